The maximum Gasteiger partial charge on any atom is 0.0669 e. The van der Waals surface area contributed by atoms with Gasteiger partial charge in [-0.1, -0.05) is 28.1 Å². The van der Waals surface area contributed by atoms with E-state index >= 15 is 0 Å². The van der Waals surface area contributed by atoms with Crippen molar-refractivity contribution < 1.29 is 0 Å². The van der Waals surface area contributed by atoms with Crippen LogP contribution in [0.5, 0.6) is 0 Å². The molecule has 0 radical (unpaired) electrons. The van der Waals surface area contributed by atoms with E-state index < -0.39 is 0 Å². The molecular formula is C14H16BrNS. The third kappa shape index (κ3) is 2.79. The first-order valence-corrected chi connectivity index (χ1v) is 7.22. The van der Waals surface area contributed by atoms with Crippen molar-refractivity contribution in [1.29, 1.82) is 0 Å². The number of benzene rings is 1. The molecule has 1 atom stereocenters. The van der Waals surface area contributed by atoms with E-state index in [0.717, 1.165) is 0 Å². The number of thiophene rings is 1. The number of rotatable bonds is 3. The average Bonchev–Trinajstić information content (AvgIpc) is 2.71. The molecule has 1 N–H and O–H groups in total. The van der Waals surface area contributed by atoms with Gasteiger partial charge in [0.1, 0.15) is 0 Å². The van der Waals surface area contributed by atoms with Crippen LogP contribution in [-0.4, -0.2) is 7.05 Å². The van der Waals surface area contributed by atoms with Gasteiger partial charge < -0.3 is 5.32 Å². The second kappa shape index (κ2) is 5.34. The molecule has 2 rings (SSSR count). The monoisotopic (exact) mass is 309 g/mol. The van der Waals surface area contributed by atoms with Crippen molar-refractivity contribution in [3.8, 4) is 0 Å². The van der Waals surface area contributed by atoms with Gasteiger partial charge in [-0.2, -0.15) is 0 Å². The summed E-state index contributed by atoms with van der Waals surface area (Å²) in [5, 5.41) is 3.38. The molecule has 0 amide bonds. The van der Waals surface area contributed by atoms with E-state index in [1.807, 2.05) is 18.4 Å². The van der Waals surface area contributed by atoms with Crippen molar-refractivity contribution in [1.82, 2.24) is 5.32 Å². The summed E-state index contributed by atoms with van der Waals surface area (Å²) >= 11 is 5.44. The highest BCUT2D eigenvalue weighted by Gasteiger charge is 2.14. The molecule has 0 saturated carbocycles. The lowest BCUT2D eigenvalue weighted by atomic mass is 10.0. The van der Waals surface area contributed by atoms with Gasteiger partial charge in [0.2, 0.25) is 0 Å². The lowest BCUT2D eigenvalue weighted by Crippen LogP contribution is -2.16. The molecule has 1 aromatic carbocycles. The molecule has 1 unspecified atom stereocenters. The number of hydrogen-bond acceptors (Lipinski definition) is 2. The quantitative estimate of drug-likeness (QED) is 0.884. The van der Waals surface area contributed by atoms with Crippen LogP contribution >= 0.6 is 27.3 Å². The van der Waals surface area contributed by atoms with Crippen LogP contribution in [0.25, 0.3) is 0 Å². The van der Waals surface area contributed by atoms with Gasteiger partial charge in [0.25, 0.3) is 0 Å². The zero-order valence-corrected chi connectivity index (χ0v) is 12.7. The van der Waals surface area contributed by atoms with Crippen molar-refractivity contribution in [2.45, 2.75) is 19.9 Å². The van der Waals surface area contributed by atoms with Crippen LogP contribution in [0, 0.1) is 13.8 Å². The number of halogens is 1. The zero-order chi connectivity index (χ0) is 12.4. The van der Waals surface area contributed by atoms with E-state index in [-0.39, 0.29) is 6.04 Å². The topological polar surface area (TPSA) is 12.0 Å². The minimum Gasteiger partial charge on any atom is -0.309 e. The standard InChI is InChI=1S/C14H16BrNS/c1-9-4-6-11(8-12(9)15)14(16-3)13-7-5-10(2)17-13/h4-8,14,16H,1-3H3. The first-order valence-electron chi connectivity index (χ1n) is 5.61. The van der Waals surface area contributed by atoms with Gasteiger partial charge in [-0.3, -0.25) is 0 Å². The van der Waals surface area contributed by atoms with Gasteiger partial charge in [-0.25, -0.2) is 0 Å². The van der Waals surface area contributed by atoms with E-state index in [1.54, 1.807) is 0 Å². The Morgan fingerprint density at radius 2 is 1.94 bits per heavy atom. The fourth-order valence-corrected chi connectivity index (χ4v) is 3.28. The lowest BCUT2D eigenvalue weighted by molar-refractivity contribution is 0.703. The first-order chi connectivity index (χ1) is 8.11. The smallest absolute Gasteiger partial charge is 0.0669 e. The molecule has 0 saturated heterocycles. The van der Waals surface area contributed by atoms with Crippen LogP contribution in [0.15, 0.2) is 34.8 Å². The Morgan fingerprint density at radius 1 is 1.18 bits per heavy atom. The lowest BCUT2D eigenvalue weighted by Gasteiger charge is -2.16. The van der Waals surface area contributed by atoms with Crippen LogP contribution in [0.2, 0.25) is 0 Å². The summed E-state index contributed by atoms with van der Waals surface area (Å²) in [4.78, 5) is 2.71. The molecule has 0 bridgehead atoms. The molecule has 3 heteroatoms. The van der Waals surface area contributed by atoms with Gasteiger partial charge in [0.05, 0.1) is 6.04 Å². The van der Waals surface area contributed by atoms with Crippen molar-refractivity contribution in [3.63, 3.8) is 0 Å². The molecule has 17 heavy (non-hydrogen) atoms. The predicted octanol–water partition coefficient (Wildman–Crippen LogP) is 4.44. The molecule has 90 valence electrons. The predicted molar refractivity (Wildman–Crippen MR) is 78.8 cm³/mol. The average molecular weight is 310 g/mol. The second-order valence-corrected chi connectivity index (χ2v) is 6.35. The Labute approximate surface area is 115 Å². The fourth-order valence-electron chi connectivity index (χ4n) is 1.87. The number of hydrogen-bond donors (Lipinski definition) is 1. The Hall–Kier alpha value is -0.640. The van der Waals surface area contributed by atoms with Gasteiger partial charge in [-0.05, 0) is 50.2 Å². The minimum absolute atomic E-state index is 0.283. The second-order valence-electron chi connectivity index (χ2n) is 4.18. The van der Waals surface area contributed by atoms with E-state index in [9.17, 15) is 0 Å². The maximum atomic E-state index is 3.60. The molecule has 0 spiro atoms. The van der Waals surface area contributed by atoms with Crippen molar-refractivity contribution in [2.75, 3.05) is 7.05 Å². The van der Waals surface area contributed by atoms with Crippen LogP contribution in [0.4, 0.5) is 0 Å². The SMILES string of the molecule is CNC(c1ccc(C)c(Br)c1)c1ccc(C)s1. The number of nitrogens with one attached hydrogen (secondary N) is 1. The summed E-state index contributed by atoms with van der Waals surface area (Å²) < 4.78 is 1.17. The molecule has 0 fully saturated rings. The first kappa shape index (κ1) is 12.8. The van der Waals surface area contributed by atoms with Crippen LogP contribution in [-0.2, 0) is 0 Å². The molecule has 0 aliphatic heterocycles. The largest absolute Gasteiger partial charge is 0.309 e. The van der Waals surface area contributed by atoms with Crippen LogP contribution in [0.3, 0.4) is 0 Å². The van der Waals surface area contributed by atoms with Crippen LogP contribution < -0.4 is 5.32 Å². The molecular weight excluding hydrogens is 294 g/mol. The Kier molecular flexibility index (Phi) is 4.02. The van der Waals surface area contributed by atoms with Crippen molar-refractivity contribution >= 4 is 27.3 Å². The molecule has 1 aromatic heterocycles. The normalized spacial score (nSPS) is 12.7. The maximum absolute atomic E-state index is 3.60. The van der Waals surface area contributed by atoms with E-state index in [0.29, 0.717) is 0 Å². The van der Waals surface area contributed by atoms with Gasteiger partial charge in [-0.15, -0.1) is 11.3 Å². The highest BCUT2D eigenvalue weighted by atomic mass is 79.9. The Balaban J connectivity index is 2.38. The molecule has 1 nitrogen and oxygen atoms in total. The third-order valence-electron chi connectivity index (χ3n) is 2.86. The zero-order valence-electron chi connectivity index (χ0n) is 10.3. The Bertz CT molecular complexity index is 519. The summed E-state index contributed by atoms with van der Waals surface area (Å²) in [6.07, 6.45) is 0. The summed E-state index contributed by atoms with van der Waals surface area (Å²) in [7, 11) is 2.01. The molecule has 1 heterocycles. The Morgan fingerprint density at radius 3 is 2.47 bits per heavy atom. The van der Waals surface area contributed by atoms with Crippen molar-refractivity contribution in [3.05, 3.63) is 55.7 Å². The van der Waals surface area contributed by atoms with Gasteiger partial charge >= 0.3 is 0 Å². The van der Waals surface area contributed by atoms with E-state index in [4.69, 9.17) is 0 Å². The third-order valence-corrected chi connectivity index (χ3v) is 4.78. The molecule has 0 aliphatic carbocycles. The summed E-state index contributed by atoms with van der Waals surface area (Å²) in [6, 6.07) is 11.2. The van der Waals surface area contributed by atoms with Crippen LogP contribution in [0.1, 0.15) is 26.9 Å². The van der Waals surface area contributed by atoms with Gasteiger partial charge in [0, 0.05) is 14.2 Å². The fraction of sp³-hybridized carbons (Fsp3) is 0.286. The van der Waals surface area contributed by atoms with E-state index in [2.05, 4.69) is 65.4 Å². The van der Waals surface area contributed by atoms with Crippen molar-refractivity contribution in [2.24, 2.45) is 0 Å². The highest BCUT2D eigenvalue weighted by molar-refractivity contribution is 9.10. The minimum atomic E-state index is 0.283. The molecule has 2 aromatic rings. The van der Waals surface area contributed by atoms with E-state index in [1.165, 1.54) is 25.4 Å². The summed E-state index contributed by atoms with van der Waals surface area (Å²) in [5.74, 6) is 0. The van der Waals surface area contributed by atoms with Gasteiger partial charge in [0.15, 0.2) is 0 Å². The summed E-state index contributed by atoms with van der Waals surface area (Å²) in [6.45, 7) is 4.25. The molecule has 0 aliphatic rings. The number of aryl methyl sites for hydroxylation is 2. The highest BCUT2D eigenvalue weighted by Crippen LogP contribution is 2.30. The summed E-state index contributed by atoms with van der Waals surface area (Å²) in [5.41, 5.74) is 2.57.